The normalized spacial score (nSPS) is 22.5. The second-order valence-corrected chi connectivity index (χ2v) is 8.29. The molecule has 1 saturated carbocycles. The van der Waals surface area contributed by atoms with Gasteiger partial charge < -0.3 is 5.32 Å². The standard InChI is InChI=1S/C14H21N2P/c1-17(2)13-4-3-12(16-8-13)5-11-6-14(7-11)9-15-10-14/h3-4,8,11,15H,5-7,9-10H2,1-2H3. The Balaban J connectivity index is 1.55. The summed E-state index contributed by atoms with van der Waals surface area (Å²) in [5, 5.41) is 4.81. The van der Waals surface area contributed by atoms with Gasteiger partial charge in [-0.15, -0.1) is 0 Å². The van der Waals surface area contributed by atoms with Crippen molar-refractivity contribution >= 4 is 13.2 Å². The van der Waals surface area contributed by atoms with Crippen molar-refractivity contribution in [3.8, 4) is 0 Å². The van der Waals surface area contributed by atoms with Gasteiger partial charge in [-0.3, -0.25) is 4.98 Å². The minimum Gasteiger partial charge on any atom is -0.316 e. The molecule has 1 aromatic heterocycles. The maximum atomic E-state index is 4.61. The molecule has 17 heavy (non-hydrogen) atoms. The second-order valence-electron chi connectivity index (χ2n) is 5.98. The van der Waals surface area contributed by atoms with E-state index in [2.05, 4.69) is 42.0 Å². The fraction of sp³-hybridized carbons (Fsp3) is 0.643. The molecule has 1 saturated heterocycles. The van der Waals surface area contributed by atoms with Crippen LogP contribution in [0.4, 0.5) is 0 Å². The zero-order valence-electron chi connectivity index (χ0n) is 10.7. The lowest BCUT2D eigenvalue weighted by Gasteiger charge is -2.54. The van der Waals surface area contributed by atoms with E-state index in [9.17, 15) is 0 Å². The van der Waals surface area contributed by atoms with Crippen molar-refractivity contribution < 1.29 is 0 Å². The van der Waals surface area contributed by atoms with Gasteiger partial charge in [0.15, 0.2) is 0 Å². The van der Waals surface area contributed by atoms with Crippen LogP contribution in [-0.2, 0) is 6.42 Å². The van der Waals surface area contributed by atoms with Gasteiger partial charge in [-0.1, -0.05) is 14.0 Å². The molecule has 1 spiro atoms. The van der Waals surface area contributed by atoms with Crippen molar-refractivity contribution in [2.45, 2.75) is 19.3 Å². The van der Waals surface area contributed by atoms with Crippen LogP contribution in [0.3, 0.4) is 0 Å². The molecule has 0 radical (unpaired) electrons. The van der Waals surface area contributed by atoms with E-state index < -0.39 is 0 Å². The van der Waals surface area contributed by atoms with E-state index in [4.69, 9.17) is 0 Å². The molecule has 2 fully saturated rings. The Kier molecular flexibility index (Phi) is 2.96. The first-order valence-electron chi connectivity index (χ1n) is 6.50. The highest BCUT2D eigenvalue weighted by molar-refractivity contribution is 7.64. The molecule has 1 aromatic rings. The Morgan fingerprint density at radius 3 is 2.59 bits per heavy atom. The second kappa shape index (κ2) is 4.33. The number of rotatable bonds is 3. The Morgan fingerprint density at radius 2 is 2.12 bits per heavy atom. The van der Waals surface area contributed by atoms with Crippen molar-refractivity contribution in [2.75, 3.05) is 26.4 Å². The Labute approximate surface area is 105 Å². The van der Waals surface area contributed by atoms with Crippen LogP contribution in [-0.4, -0.2) is 31.4 Å². The van der Waals surface area contributed by atoms with Gasteiger partial charge in [-0.05, 0) is 55.3 Å². The number of pyridine rings is 1. The van der Waals surface area contributed by atoms with Crippen LogP contribution >= 0.6 is 7.92 Å². The van der Waals surface area contributed by atoms with Crippen molar-refractivity contribution in [3.63, 3.8) is 0 Å². The third kappa shape index (κ3) is 2.26. The molecule has 0 unspecified atom stereocenters. The molecule has 1 aliphatic carbocycles. The highest BCUT2D eigenvalue weighted by atomic mass is 31.1. The van der Waals surface area contributed by atoms with Gasteiger partial charge in [0.05, 0.1) is 0 Å². The molecule has 2 heterocycles. The van der Waals surface area contributed by atoms with Crippen LogP contribution in [0.1, 0.15) is 18.5 Å². The topological polar surface area (TPSA) is 24.9 Å². The van der Waals surface area contributed by atoms with Crippen LogP contribution in [0.2, 0.25) is 0 Å². The molecule has 0 amide bonds. The minimum absolute atomic E-state index is 0.00235. The summed E-state index contributed by atoms with van der Waals surface area (Å²) in [6.45, 7) is 7.08. The van der Waals surface area contributed by atoms with E-state index in [1.165, 1.54) is 43.4 Å². The molecule has 1 aliphatic heterocycles. The third-order valence-corrected chi connectivity index (χ3v) is 5.56. The summed E-state index contributed by atoms with van der Waals surface area (Å²) >= 11 is 0. The summed E-state index contributed by atoms with van der Waals surface area (Å²) in [4.78, 5) is 4.61. The van der Waals surface area contributed by atoms with E-state index in [1.807, 2.05) is 0 Å². The van der Waals surface area contributed by atoms with Crippen molar-refractivity contribution in [1.82, 2.24) is 10.3 Å². The van der Waals surface area contributed by atoms with Crippen molar-refractivity contribution in [1.29, 1.82) is 0 Å². The van der Waals surface area contributed by atoms with Crippen molar-refractivity contribution in [3.05, 3.63) is 24.0 Å². The highest BCUT2D eigenvalue weighted by Gasteiger charge is 2.47. The van der Waals surface area contributed by atoms with Gasteiger partial charge in [0.1, 0.15) is 0 Å². The van der Waals surface area contributed by atoms with Gasteiger partial charge in [0, 0.05) is 25.0 Å². The summed E-state index contributed by atoms with van der Waals surface area (Å²) < 4.78 is 0. The van der Waals surface area contributed by atoms with E-state index in [1.54, 1.807) is 0 Å². The highest BCUT2D eigenvalue weighted by Crippen LogP contribution is 2.49. The van der Waals surface area contributed by atoms with Gasteiger partial charge >= 0.3 is 0 Å². The smallest absolute Gasteiger partial charge is 0.0406 e. The summed E-state index contributed by atoms with van der Waals surface area (Å²) in [5.41, 5.74) is 1.99. The first-order valence-corrected chi connectivity index (χ1v) is 8.73. The summed E-state index contributed by atoms with van der Waals surface area (Å²) in [6.07, 6.45) is 6.10. The molecule has 3 heteroatoms. The lowest BCUT2D eigenvalue weighted by atomic mass is 9.57. The molecule has 3 rings (SSSR count). The molecule has 1 N–H and O–H groups in total. The van der Waals surface area contributed by atoms with E-state index in [-0.39, 0.29) is 7.92 Å². The lowest BCUT2D eigenvalue weighted by molar-refractivity contribution is 0.000495. The van der Waals surface area contributed by atoms with Crippen molar-refractivity contribution in [2.24, 2.45) is 11.3 Å². The number of nitrogens with one attached hydrogen (secondary N) is 1. The van der Waals surface area contributed by atoms with Crippen LogP contribution < -0.4 is 10.6 Å². The monoisotopic (exact) mass is 248 g/mol. The van der Waals surface area contributed by atoms with E-state index in [0.29, 0.717) is 5.41 Å². The zero-order valence-corrected chi connectivity index (χ0v) is 11.6. The molecule has 2 aliphatic rings. The minimum atomic E-state index is 0.00235. The summed E-state index contributed by atoms with van der Waals surface area (Å²) in [7, 11) is 0.00235. The number of hydrogen-bond donors (Lipinski definition) is 1. The van der Waals surface area contributed by atoms with Gasteiger partial charge in [0.25, 0.3) is 0 Å². The largest absolute Gasteiger partial charge is 0.316 e. The average molecular weight is 248 g/mol. The SMILES string of the molecule is CP(C)c1ccc(CC2CC3(CNC3)C2)nc1. The number of hydrogen-bond acceptors (Lipinski definition) is 2. The Morgan fingerprint density at radius 1 is 1.35 bits per heavy atom. The van der Waals surface area contributed by atoms with Crippen LogP contribution in [0.5, 0.6) is 0 Å². The quantitative estimate of drug-likeness (QED) is 0.827. The molecule has 2 nitrogen and oxygen atoms in total. The van der Waals surface area contributed by atoms with E-state index in [0.717, 1.165) is 5.92 Å². The molecule has 0 aromatic carbocycles. The Hall–Kier alpha value is -0.460. The number of aromatic nitrogens is 1. The molecule has 92 valence electrons. The molecular weight excluding hydrogens is 227 g/mol. The average Bonchev–Trinajstić information content (AvgIpc) is 2.20. The number of nitrogens with zero attached hydrogens (tertiary/aromatic N) is 1. The lowest BCUT2D eigenvalue weighted by Crippen LogP contribution is -2.60. The molecule has 0 atom stereocenters. The van der Waals surface area contributed by atoms with Crippen LogP contribution in [0.25, 0.3) is 0 Å². The fourth-order valence-electron chi connectivity index (χ4n) is 3.17. The summed E-state index contributed by atoms with van der Waals surface area (Å²) in [6, 6.07) is 4.51. The van der Waals surface area contributed by atoms with Gasteiger partial charge in [0.2, 0.25) is 0 Å². The first kappa shape index (κ1) is 11.6. The third-order valence-electron chi connectivity index (χ3n) is 4.27. The van der Waals surface area contributed by atoms with E-state index >= 15 is 0 Å². The first-order chi connectivity index (χ1) is 8.17. The Bertz CT molecular complexity index is 387. The predicted molar refractivity (Wildman–Crippen MR) is 74.4 cm³/mol. The summed E-state index contributed by atoms with van der Waals surface area (Å²) in [5.74, 6) is 0.889. The molecule has 0 bridgehead atoms. The van der Waals surface area contributed by atoms with Gasteiger partial charge in [-0.25, -0.2) is 0 Å². The fourth-order valence-corrected chi connectivity index (χ4v) is 3.84. The predicted octanol–water partition coefficient (Wildman–Crippen LogP) is 1.99. The van der Waals surface area contributed by atoms with Gasteiger partial charge in [-0.2, -0.15) is 0 Å². The maximum Gasteiger partial charge on any atom is 0.0406 e. The molecular formula is C14H21N2P. The van der Waals surface area contributed by atoms with Crippen LogP contribution in [0, 0.1) is 11.3 Å². The van der Waals surface area contributed by atoms with Crippen LogP contribution in [0.15, 0.2) is 18.3 Å². The maximum absolute atomic E-state index is 4.61. The zero-order chi connectivity index (χ0) is 11.9.